The number of carbonyl (C=O) groups excluding carboxylic acids is 2. The van der Waals surface area contributed by atoms with Gasteiger partial charge in [0, 0.05) is 56.6 Å². The van der Waals surface area contributed by atoms with Crippen molar-refractivity contribution in [3.8, 4) is 0 Å². The summed E-state index contributed by atoms with van der Waals surface area (Å²) in [5.74, 6) is 0.340. The van der Waals surface area contributed by atoms with Crippen molar-refractivity contribution < 1.29 is 14.7 Å². The van der Waals surface area contributed by atoms with Crippen molar-refractivity contribution >= 4 is 33.8 Å². The normalized spacial score (nSPS) is 20.2. The fourth-order valence-corrected chi connectivity index (χ4v) is 5.94. The Kier molecular flexibility index (Phi) is 5.22. The number of likely N-dealkylation sites (tertiary alicyclic amines) is 2. The summed E-state index contributed by atoms with van der Waals surface area (Å²) in [6.07, 6.45) is 5.99. The summed E-state index contributed by atoms with van der Waals surface area (Å²) in [4.78, 5) is 52.9. The van der Waals surface area contributed by atoms with Crippen LogP contribution < -0.4 is 5.56 Å². The van der Waals surface area contributed by atoms with E-state index >= 15 is 0 Å². The second kappa shape index (κ2) is 8.34. The summed E-state index contributed by atoms with van der Waals surface area (Å²) >= 11 is 0. The van der Waals surface area contributed by atoms with Crippen LogP contribution >= 0.6 is 0 Å². The Labute approximate surface area is 206 Å². The minimum Gasteiger partial charge on any atom is -0.388 e. The average Bonchev–Trinajstić information content (AvgIpc) is 3.60. The van der Waals surface area contributed by atoms with Gasteiger partial charge in [0.05, 0.1) is 27.5 Å². The lowest BCUT2D eigenvalue weighted by Gasteiger charge is -2.40. The molecule has 0 radical (unpaired) electrons. The highest BCUT2D eigenvalue weighted by atomic mass is 16.3. The molecular weight excluding hydrogens is 460 g/mol. The molecule has 1 unspecified atom stereocenters. The molecule has 3 aromatic heterocycles. The number of rotatable bonds is 3. The zero-order valence-corrected chi connectivity index (χ0v) is 20.1. The van der Waals surface area contributed by atoms with E-state index in [0.29, 0.717) is 59.5 Å². The highest BCUT2D eigenvalue weighted by molar-refractivity contribution is 6.05. The molecule has 2 aliphatic heterocycles. The van der Waals surface area contributed by atoms with Gasteiger partial charge >= 0.3 is 0 Å². The summed E-state index contributed by atoms with van der Waals surface area (Å²) in [5, 5.41) is 9.83. The lowest BCUT2D eigenvalue weighted by atomic mass is 9.79. The fraction of sp³-hybridized carbons (Fsp3) is 0.385. The maximum atomic E-state index is 13.5. The quantitative estimate of drug-likeness (QED) is 0.407. The number of carbonyl (C=O) groups is 2. The van der Waals surface area contributed by atoms with E-state index in [2.05, 4.69) is 15.0 Å². The Hall–Kier alpha value is -3.92. The number of aliphatic hydroxyl groups is 1. The molecule has 1 spiro atoms. The highest BCUT2D eigenvalue weighted by Gasteiger charge is 2.44. The van der Waals surface area contributed by atoms with E-state index in [0.717, 1.165) is 24.8 Å². The predicted molar refractivity (Wildman–Crippen MR) is 134 cm³/mol. The van der Waals surface area contributed by atoms with Crippen molar-refractivity contribution in [2.75, 3.05) is 26.2 Å². The molecule has 0 bridgehead atoms. The molecule has 2 fully saturated rings. The van der Waals surface area contributed by atoms with E-state index < -0.39 is 0 Å². The Morgan fingerprint density at radius 2 is 1.92 bits per heavy atom. The average molecular weight is 489 g/mol. The SMILES string of the molecule is Cn1ccc2c(=O)[nH]cc(C(=O)N3CCC4(CCCN(C(=O)c5ccc6nc(CO)[nH]c6c5)C4)C3)c21. The molecule has 6 rings (SSSR count). The third-order valence-electron chi connectivity index (χ3n) is 7.75. The lowest BCUT2D eigenvalue weighted by Crippen LogP contribution is -2.47. The molecule has 2 saturated heterocycles. The molecule has 1 aromatic carbocycles. The first-order chi connectivity index (χ1) is 17.4. The van der Waals surface area contributed by atoms with Gasteiger partial charge in [0.2, 0.25) is 0 Å². The van der Waals surface area contributed by atoms with Crippen molar-refractivity contribution in [2.45, 2.75) is 25.9 Å². The van der Waals surface area contributed by atoms with Crippen molar-refractivity contribution in [3.05, 3.63) is 64.0 Å². The van der Waals surface area contributed by atoms with E-state index in [9.17, 15) is 19.5 Å². The number of aryl methyl sites for hydroxylation is 1. The summed E-state index contributed by atoms with van der Waals surface area (Å²) in [6, 6.07) is 7.09. The van der Waals surface area contributed by atoms with E-state index in [1.165, 1.54) is 6.20 Å². The molecule has 10 heteroatoms. The molecule has 1 atom stereocenters. The molecule has 2 amide bonds. The summed E-state index contributed by atoms with van der Waals surface area (Å²) in [5.41, 5.74) is 2.81. The van der Waals surface area contributed by atoms with Gasteiger partial charge in [-0.1, -0.05) is 0 Å². The van der Waals surface area contributed by atoms with Crippen LogP contribution in [0.1, 0.15) is 45.8 Å². The molecule has 5 heterocycles. The monoisotopic (exact) mass is 488 g/mol. The van der Waals surface area contributed by atoms with Crippen LogP contribution in [0.4, 0.5) is 0 Å². The van der Waals surface area contributed by atoms with Crippen LogP contribution in [0.15, 0.2) is 41.5 Å². The number of aromatic nitrogens is 4. The Bertz CT molecular complexity index is 1570. The van der Waals surface area contributed by atoms with E-state index in [-0.39, 0.29) is 29.4 Å². The van der Waals surface area contributed by atoms with Gasteiger partial charge in [-0.2, -0.15) is 0 Å². The Balaban J connectivity index is 1.21. The minimum atomic E-state index is -0.206. The first-order valence-corrected chi connectivity index (χ1v) is 12.2. The first kappa shape index (κ1) is 22.5. The van der Waals surface area contributed by atoms with E-state index in [1.807, 2.05) is 21.4 Å². The number of nitrogens with zero attached hydrogens (tertiary/aromatic N) is 4. The third-order valence-corrected chi connectivity index (χ3v) is 7.75. The number of hydrogen-bond acceptors (Lipinski definition) is 5. The molecule has 186 valence electrons. The van der Waals surface area contributed by atoms with Crippen LogP contribution in [-0.4, -0.2) is 72.4 Å². The molecule has 36 heavy (non-hydrogen) atoms. The highest BCUT2D eigenvalue weighted by Crippen LogP contribution is 2.40. The molecule has 2 aliphatic rings. The zero-order chi connectivity index (χ0) is 25.0. The number of pyridine rings is 1. The van der Waals surface area contributed by atoms with Gasteiger partial charge in [0.25, 0.3) is 17.4 Å². The fourth-order valence-electron chi connectivity index (χ4n) is 5.94. The third kappa shape index (κ3) is 3.60. The smallest absolute Gasteiger partial charge is 0.257 e. The topological polar surface area (TPSA) is 127 Å². The van der Waals surface area contributed by atoms with Gasteiger partial charge in [-0.25, -0.2) is 4.98 Å². The number of hydrogen-bond donors (Lipinski definition) is 3. The van der Waals surface area contributed by atoms with Crippen molar-refractivity contribution in [1.82, 2.24) is 29.3 Å². The van der Waals surface area contributed by atoms with Crippen LogP contribution in [0, 0.1) is 5.41 Å². The summed E-state index contributed by atoms with van der Waals surface area (Å²) < 4.78 is 1.81. The number of aliphatic hydroxyl groups excluding tert-OH is 1. The van der Waals surface area contributed by atoms with E-state index in [4.69, 9.17) is 0 Å². The zero-order valence-electron chi connectivity index (χ0n) is 20.1. The van der Waals surface area contributed by atoms with Gasteiger partial charge in [0.15, 0.2) is 0 Å². The van der Waals surface area contributed by atoms with Crippen molar-refractivity contribution in [1.29, 1.82) is 0 Å². The van der Waals surface area contributed by atoms with E-state index in [1.54, 1.807) is 30.5 Å². The van der Waals surface area contributed by atoms with Gasteiger partial charge < -0.3 is 29.4 Å². The number of imidazole rings is 1. The lowest BCUT2D eigenvalue weighted by molar-refractivity contribution is 0.0516. The minimum absolute atomic E-state index is 0.0351. The number of H-pyrrole nitrogens is 2. The summed E-state index contributed by atoms with van der Waals surface area (Å²) in [6.45, 7) is 2.30. The van der Waals surface area contributed by atoms with Crippen LogP contribution in [-0.2, 0) is 13.7 Å². The molecule has 0 aliphatic carbocycles. The Morgan fingerprint density at radius 3 is 2.72 bits per heavy atom. The van der Waals surface area contributed by atoms with Crippen LogP contribution in [0.3, 0.4) is 0 Å². The molecule has 10 nitrogen and oxygen atoms in total. The number of fused-ring (bicyclic) bond motifs is 2. The second-order valence-corrected chi connectivity index (χ2v) is 10.1. The van der Waals surface area contributed by atoms with Crippen LogP contribution in [0.25, 0.3) is 21.9 Å². The maximum absolute atomic E-state index is 13.5. The van der Waals surface area contributed by atoms with Crippen molar-refractivity contribution in [3.63, 3.8) is 0 Å². The number of benzene rings is 1. The number of piperidine rings is 1. The standard InChI is InChI=1S/C26H28N6O4/c1-30-9-5-17-22(30)18(12-27-23(17)34)25(36)32-10-7-26(15-32)6-2-8-31(14-26)24(35)16-3-4-19-20(11-16)29-21(13-33)28-19/h3-5,9,11-12,33H,2,6-8,10,13-15H2,1H3,(H,27,34)(H,28,29). The number of amides is 2. The van der Waals surface area contributed by atoms with Crippen LogP contribution in [0.2, 0.25) is 0 Å². The molecule has 0 saturated carbocycles. The van der Waals surface area contributed by atoms with Gasteiger partial charge in [-0.3, -0.25) is 14.4 Å². The number of nitrogens with one attached hydrogen (secondary N) is 2. The van der Waals surface area contributed by atoms with Gasteiger partial charge in [0.1, 0.15) is 12.4 Å². The first-order valence-electron chi connectivity index (χ1n) is 12.2. The molecule has 4 aromatic rings. The summed E-state index contributed by atoms with van der Waals surface area (Å²) in [7, 11) is 1.83. The van der Waals surface area contributed by atoms with Crippen LogP contribution in [0.5, 0.6) is 0 Å². The van der Waals surface area contributed by atoms with Gasteiger partial charge in [-0.05, 0) is 43.5 Å². The molecular formula is C26H28N6O4. The Morgan fingerprint density at radius 1 is 1.11 bits per heavy atom. The molecule has 3 N–H and O–H groups in total. The second-order valence-electron chi connectivity index (χ2n) is 10.1. The van der Waals surface area contributed by atoms with Crippen molar-refractivity contribution in [2.24, 2.45) is 12.5 Å². The van der Waals surface area contributed by atoms with Gasteiger partial charge in [-0.15, -0.1) is 0 Å². The maximum Gasteiger partial charge on any atom is 0.257 e. The number of aromatic amines is 2. The predicted octanol–water partition coefficient (Wildman–Crippen LogP) is 2.00. The largest absolute Gasteiger partial charge is 0.388 e.